The summed E-state index contributed by atoms with van der Waals surface area (Å²) in [4.78, 5) is 9.72. The second-order valence-electron chi connectivity index (χ2n) is 3.03. The third-order valence-electron chi connectivity index (χ3n) is 1.96. The first-order chi connectivity index (χ1) is 7.33. The molecular weight excluding hydrogens is 228 g/mol. The van der Waals surface area contributed by atoms with E-state index in [0.29, 0.717) is 0 Å². The minimum Gasteiger partial charge on any atom is -0.243 e. The fourth-order valence-electron chi connectivity index (χ4n) is 1.35. The largest absolute Gasteiger partial charge is 0.243 e. The maximum atomic E-state index is 4.40. The fourth-order valence-corrected chi connectivity index (χ4v) is 2.62. The molecule has 0 N–H and O–H groups in total. The van der Waals surface area contributed by atoms with Gasteiger partial charge in [0.25, 0.3) is 0 Å². The number of rotatable bonds is 1. The van der Waals surface area contributed by atoms with Crippen LogP contribution in [0.15, 0.2) is 17.8 Å². The van der Waals surface area contributed by atoms with Crippen LogP contribution >= 0.6 is 22.7 Å². The molecule has 15 heavy (non-hydrogen) atoms. The fraction of sp³-hybridized carbons (Fsp3) is 0.111. The number of pyridine rings is 1. The number of thiazole rings is 1. The van der Waals surface area contributed by atoms with Gasteiger partial charge in [0.2, 0.25) is 0 Å². The van der Waals surface area contributed by atoms with Crippen LogP contribution in [0.4, 0.5) is 0 Å². The Bertz CT molecular complexity index is 600. The van der Waals surface area contributed by atoms with Crippen LogP contribution < -0.4 is 0 Å². The van der Waals surface area contributed by atoms with Crippen molar-refractivity contribution in [1.82, 2.24) is 20.2 Å². The molecule has 74 valence electrons. The molecule has 0 radical (unpaired) electrons. The molecule has 3 rings (SSSR count). The number of hydrogen-bond acceptors (Lipinski definition) is 6. The van der Waals surface area contributed by atoms with E-state index in [-0.39, 0.29) is 0 Å². The van der Waals surface area contributed by atoms with E-state index < -0.39 is 0 Å². The highest BCUT2D eigenvalue weighted by Gasteiger charge is 2.06. The maximum absolute atomic E-state index is 4.40. The molecule has 0 saturated heterocycles. The lowest BCUT2D eigenvalue weighted by molar-refractivity contribution is 1.09. The molecule has 0 fully saturated rings. The zero-order valence-corrected chi connectivity index (χ0v) is 9.47. The Morgan fingerprint density at radius 2 is 2.27 bits per heavy atom. The van der Waals surface area contributed by atoms with Crippen molar-refractivity contribution in [2.24, 2.45) is 0 Å². The van der Waals surface area contributed by atoms with E-state index in [1.807, 2.05) is 19.2 Å². The van der Waals surface area contributed by atoms with E-state index >= 15 is 0 Å². The van der Waals surface area contributed by atoms with Gasteiger partial charge in [-0.25, -0.2) is 9.97 Å². The number of fused-ring (bicyclic) bond motifs is 1. The van der Waals surface area contributed by atoms with Crippen molar-refractivity contribution in [1.29, 1.82) is 0 Å². The third-order valence-corrected chi connectivity index (χ3v) is 3.60. The van der Waals surface area contributed by atoms with Crippen molar-refractivity contribution >= 4 is 33.0 Å². The summed E-state index contributed by atoms with van der Waals surface area (Å²) in [6.07, 6.45) is 1.82. The molecule has 0 saturated carbocycles. The van der Waals surface area contributed by atoms with Gasteiger partial charge in [0.05, 0.1) is 5.01 Å². The summed E-state index contributed by atoms with van der Waals surface area (Å²) in [5, 5.41) is 9.73. The Balaban J connectivity index is 2.21. The summed E-state index contributed by atoms with van der Waals surface area (Å²) in [5.74, 6) is 0. The van der Waals surface area contributed by atoms with Gasteiger partial charge in [-0.15, -0.1) is 10.2 Å². The van der Waals surface area contributed by atoms with Crippen LogP contribution in [0.3, 0.4) is 0 Å². The number of aromatic nitrogens is 4. The van der Waals surface area contributed by atoms with Crippen LogP contribution in [0.25, 0.3) is 20.9 Å². The molecular formula is C9H6N4S2. The van der Waals surface area contributed by atoms with Crippen LogP contribution in [0.5, 0.6) is 0 Å². The van der Waals surface area contributed by atoms with E-state index in [4.69, 9.17) is 0 Å². The van der Waals surface area contributed by atoms with Gasteiger partial charge in [-0.3, -0.25) is 0 Å². The standard InChI is InChI=1S/C9H6N4S2/c1-5-12-7-2-6(3-10-9(7)15-5)8-13-11-4-14-8/h2-4H,1H3. The molecule has 0 aliphatic carbocycles. The number of hydrogen-bond donors (Lipinski definition) is 0. The minimum atomic E-state index is 0.884. The van der Waals surface area contributed by atoms with Gasteiger partial charge in [0.1, 0.15) is 20.9 Å². The molecule has 0 aliphatic rings. The average Bonchev–Trinajstić information content (AvgIpc) is 2.82. The smallest absolute Gasteiger partial charge is 0.149 e. The van der Waals surface area contributed by atoms with E-state index in [1.54, 1.807) is 16.8 Å². The summed E-state index contributed by atoms with van der Waals surface area (Å²) >= 11 is 3.11. The molecule has 0 aliphatic heterocycles. The summed E-state index contributed by atoms with van der Waals surface area (Å²) in [7, 11) is 0. The lowest BCUT2D eigenvalue weighted by atomic mass is 10.3. The van der Waals surface area contributed by atoms with Crippen molar-refractivity contribution < 1.29 is 0 Å². The lowest BCUT2D eigenvalue weighted by Crippen LogP contribution is -1.80. The maximum Gasteiger partial charge on any atom is 0.149 e. The van der Waals surface area contributed by atoms with Crippen LogP contribution in [0.2, 0.25) is 0 Å². The van der Waals surface area contributed by atoms with Gasteiger partial charge in [-0.1, -0.05) is 22.7 Å². The van der Waals surface area contributed by atoms with Crippen LogP contribution in [-0.4, -0.2) is 20.2 Å². The molecule has 0 aromatic carbocycles. The molecule has 3 aromatic heterocycles. The second-order valence-corrected chi connectivity index (χ2v) is 5.04. The minimum absolute atomic E-state index is 0.884. The second kappa shape index (κ2) is 3.32. The van der Waals surface area contributed by atoms with Crippen LogP contribution in [-0.2, 0) is 0 Å². The van der Waals surface area contributed by atoms with Crippen molar-refractivity contribution in [3.8, 4) is 10.6 Å². The first kappa shape index (κ1) is 8.87. The summed E-state index contributed by atoms with van der Waals surface area (Å²) in [5.41, 5.74) is 3.63. The molecule has 6 heteroatoms. The van der Waals surface area contributed by atoms with Gasteiger partial charge >= 0.3 is 0 Å². The SMILES string of the molecule is Cc1nc2cc(-c3nncs3)cnc2s1. The third kappa shape index (κ3) is 1.51. The molecule has 3 aromatic rings. The summed E-state index contributed by atoms with van der Waals surface area (Å²) in [6.45, 7) is 1.98. The first-order valence-corrected chi connectivity index (χ1v) is 6.02. The molecule has 0 unspecified atom stereocenters. The molecule has 3 heterocycles. The predicted octanol–water partition coefficient (Wildman–Crippen LogP) is 2.52. The molecule has 4 nitrogen and oxygen atoms in total. The number of aryl methyl sites for hydroxylation is 1. The Hall–Kier alpha value is -1.40. The number of nitrogens with zero attached hydrogens (tertiary/aromatic N) is 4. The molecule has 0 atom stereocenters. The van der Waals surface area contributed by atoms with Crippen LogP contribution in [0, 0.1) is 6.92 Å². The molecule has 0 amide bonds. The molecule has 0 spiro atoms. The predicted molar refractivity (Wildman–Crippen MR) is 61.1 cm³/mol. The highest BCUT2D eigenvalue weighted by Crippen LogP contribution is 2.25. The normalized spacial score (nSPS) is 11.0. The zero-order chi connectivity index (χ0) is 10.3. The molecule has 0 bridgehead atoms. The Morgan fingerprint density at radius 3 is 3.07 bits per heavy atom. The van der Waals surface area contributed by atoms with Gasteiger partial charge in [-0.05, 0) is 13.0 Å². The van der Waals surface area contributed by atoms with Gasteiger partial charge < -0.3 is 0 Å². The quantitative estimate of drug-likeness (QED) is 0.649. The first-order valence-electron chi connectivity index (χ1n) is 4.32. The van der Waals surface area contributed by atoms with Gasteiger partial charge in [-0.2, -0.15) is 0 Å². The highest BCUT2D eigenvalue weighted by molar-refractivity contribution is 7.18. The Kier molecular flexibility index (Phi) is 1.96. The van der Waals surface area contributed by atoms with Crippen molar-refractivity contribution in [2.75, 3.05) is 0 Å². The van der Waals surface area contributed by atoms with E-state index in [1.165, 1.54) is 11.3 Å². The summed E-state index contributed by atoms with van der Waals surface area (Å²) < 4.78 is 0. The zero-order valence-electron chi connectivity index (χ0n) is 7.84. The Morgan fingerprint density at radius 1 is 1.33 bits per heavy atom. The highest BCUT2D eigenvalue weighted by atomic mass is 32.1. The van der Waals surface area contributed by atoms with Gasteiger partial charge in [0.15, 0.2) is 0 Å². The van der Waals surface area contributed by atoms with Crippen molar-refractivity contribution in [2.45, 2.75) is 6.92 Å². The Labute approximate surface area is 93.7 Å². The van der Waals surface area contributed by atoms with Crippen LogP contribution in [0.1, 0.15) is 5.01 Å². The van der Waals surface area contributed by atoms with E-state index in [2.05, 4.69) is 20.2 Å². The van der Waals surface area contributed by atoms with Crippen molar-refractivity contribution in [3.63, 3.8) is 0 Å². The lowest BCUT2D eigenvalue weighted by Gasteiger charge is -1.93. The topological polar surface area (TPSA) is 51.6 Å². The average molecular weight is 234 g/mol. The monoisotopic (exact) mass is 234 g/mol. The summed E-state index contributed by atoms with van der Waals surface area (Å²) in [6, 6.07) is 2.01. The van der Waals surface area contributed by atoms with E-state index in [0.717, 1.165) is 25.9 Å². The van der Waals surface area contributed by atoms with Crippen molar-refractivity contribution in [3.05, 3.63) is 22.8 Å². The van der Waals surface area contributed by atoms with Gasteiger partial charge in [0, 0.05) is 11.8 Å². The van der Waals surface area contributed by atoms with E-state index in [9.17, 15) is 0 Å².